The fraction of sp³-hybridized carbons (Fsp3) is 0.636. The second-order valence-electron chi connectivity index (χ2n) is 3.88. The van der Waals surface area contributed by atoms with Gasteiger partial charge in [-0.15, -0.1) is 0 Å². The van der Waals surface area contributed by atoms with Gasteiger partial charge in [0.1, 0.15) is 0 Å². The lowest BCUT2D eigenvalue weighted by molar-refractivity contribution is -0.121. The molecular formula is C11H20N4O. The number of rotatable bonds is 7. The number of carbonyl (C=O) groups excluding carboxylic acids is 1. The number of carbonyl (C=O) groups is 1. The van der Waals surface area contributed by atoms with Crippen molar-refractivity contribution in [1.82, 2.24) is 15.1 Å². The van der Waals surface area contributed by atoms with E-state index in [0.29, 0.717) is 19.5 Å². The topological polar surface area (TPSA) is 72.9 Å². The van der Waals surface area contributed by atoms with Gasteiger partial charge in [0.15, 0.2) is 0 Å². The van der Waals surface area contributed by atoms with Crippen molar-refractivity contribution in [2.45, 2.75) is 32.7 Å². The molecule has 5 nitrogen and oxygen atoms in total. The monoisotopic (exact) mass is 224 g/mol. The number of aryl methyl sites for hydroxylation is 1. The molecular weight excluding hydrogens is 204 g/mol. The molecule has 5 heteroatoms. The van der Waals surface area contributed by atoms with Crippen LogP contribution in [0.2, 0.25) is 0 Å². The highest BCUT2D eigenvalue weighted by Gasteiger charge is 2.00. The number of nitrogens with one attached hydrogen (secondary N) is 1. The maximum absolute atomic E-state index is 11.3. The van der Waals surface area contributed by atoms with E-state index in [2.05, 4.69) is 10.4 Å². The first kappa shape index (κ1) is 12.7. The van der Waals surface area contributed by atoms with Gasteiger partial charge in [0, 0.05) is 19.2 Å². The highest BCUT2D eigenvalue weighted by molar-refractivity contribution is 5.75. The number of aromatic nitrogens is 2. The smallest absolute Gasteiger partial charge is 0.220 e. The molecule has 1 aromatic rings. The third-order valence-electron chi connectivity index (χ3n) is 2.28. The summed E-state index contributed by atoms with van der Waals surface area (Å²) in [5.74, 6) is 0.0947. The predicted octanol–water partition coefficient (Wildman–Crippen LogP) is 0.437. The summed E-state index contributed by atoms with van der Waals surface area (Å²) in [4.78, 5) is 11.3. The van der Waals surface area contributed by atoms with E-state index in [-0.39, 0.29) is 5.91 Å². The van der Waals surface area contributed by atoms with E-state index in [0.717, 1.165) is 24.9 Å². The minimum Gasteiger partial charge on any atom is -0.354 e. The van der Waals surface area contributed by atoms with Gasteiger partial charge in [-0.2, -0.15) is 5.10 Å². The van der Waals surface area contributed by atoms with Gasteiger partial charge in [0.2, 0.25) is 5.91 Å². The summed E-state index contributed by atoms with van der Waals surface area (Å²) >= 11 is 0. The van der Waals surface area contributed by atoms with E-state index in [1.165, 1.54) is 0 Å². The van der Waals surface area contributed by atoms with E-state index in [1.54, 1.807) is 0 Å². The Morgan fingerprint density at radius 1 is 1.56 bits per heavy atom. The van der Waals surface area contributed by atoms with Gasteiger partial charge in [-0.25, -0.2) is 0 Å². The lowest BCUT2D eigenvalue weighted by atomic mass is 10.2. The highest BCUT2D eigenvalue weighted by atomic mass is 16.1. The normalized spacial score (nSPS) is 10.4. The number of nitrogens with two attached hydrogens (primary N) is 1. The van der Waals surface area contributed by atoms with Crippen LogP contribution in [0.5, 0.6) is 0 Å². The molecule has 1 rings (SSSR count). The quantitative estimate of drug-likeness (QED) is 0.660. The molecule has 0 fully saturated rings. The summed E-state index contributed by atoms with van der Waals surface area (Å²) in [5.41, 5.74) is 6.48. The molecule has 0 aliphatic heterocycles. The lowest BCUT2D eigenvalue weighted by Crippen LogP contribution is -2.27. The first-order chi connectivity index (χ1) is 7.72. The summed E-state index contributed by atoms with van der Waals surface area (Å²) in [6.45, 7) is 3.99. The first-order valence-corrected chi connectivity index (χ1v) is 5.68. The van der Waals surface area contributed by atoms with Crippen molar-refractivity contribution < 1.29 is 4.79 Å². The van der Waals surface area contributed by atoms with Gasteiger partial charge in [0.25, 0.3) is 0 Å². The Bertz CT molecular complexity index is 322. The van der Waals surface area contributed by atoms with Gasteiger partial charge < -0.3 is 11.1 Å². The van der Waals surface area contributed by atoms with Gasteiger partial charge in [-0.3, -0.25) is 9.48 Å². The summed E-state index contributed by atoms with van der Waals surface area (Å²) in [5, 5.41) is 7.00. The van der Waals surface area contributed by atoms with Crippen molar-refractivity contribution in [2.24, 2.45) is 5.73 Å². The molecule has 90 valence electrons. The molecule has 0 atom stereocenters. The number of hydrogen-bond donors (Lipinski definition) is 2. The Morgan fingerprint density at radius 2 is 2.38 bits per heavy atom. The van der Waals surface area contributed by atoms with Crippen molar-refractivity contribution in [1.29, 1.82) is 0 Å². The zero-order valence-electron chi connectivity index (χ0n) is 9.78. The van der Waals surface area contributed by atoms with E-state index in [9.17, 15) is 4.79 Å². The first-order valence-electron chi connectivity index (χ1n) is 5.68. The summed E-state index contributed by atoms with van der Waals surface area (Å²) in [6.07, 6.45) is 6.11. The molecule has 0 radical (unpaired) electrons. The molecule has 0 saturated carbocycles. The number of unbranched alkanes of at least 4 members (excludes halogenated alkanes) is 1. The van der Waals surface area contributed by atoms with E-state index >= 15 is 0 Å². The molecule has 0 unspecified atom stereocenters. The Balaban J connectivity index is 2.08. The van der Waals surface area contributed by atoms with Gasteiger partial charge >= 0.3 is 0 Å². The van der Waals surface area contributed by atoms with Crippen LogP contribution in [0.15, 0.2) is 12.4 Å². The van der Waals surface area contributed by atoms with E-state index in [1.807, 2.05) is 24.0 Å². The van der Waals surface area contributed by atoms with Crippen LogP contribution in [0, 0.1) is 6.92 Å². The van der Waals surface area contributed by atoms with Crippen LogP contribution in [0.4, 0.5) is 0 Å². The molecule has 1 amide bonds. The molecule has 0 aromatic carbocycles. The minimum absolute atomic E-state index is 0.0947. The Labute approximate surface area is 96.0 Å². The third-order valence-corrected chi connectivity index (χ3v) is 2.28. The van der Waals surface area contributed by atoms with Crippen molar-refractivity contribution >= 4 is 5.91 Å². The molecule has 0 bridgehead atoms. The average Bonchev–Trinajstić information content (AvgIpc) is 2.65. The van der Waals surface area contributed by atoms with Crippen LogP contribution in [0.25, 0.3) is 0 Å². The predicted molar refractivity (Wildman–Crippen MR) is 62.9 cm³/mol. The highest BCUT2D eigenvalue weighted by Crippen LogP contribution is 1.94. The number of nitrogens with zero attached hydrogens (tertiary/aromatic N) is 2. The zero-order chi connectivity index (χ0) is 11.8. The van der Waals surface area contributed by atoms with Crippen molar-refractivity contribution in [3.8, 4) is 0 Å². The average molecular weight is 224 g/mol. The van der Waals surface area contributed by atoms with E-state index < -0.39 is 0 Å². The van der Waals surface area contributed by atoms with Crippen LogP contribution in [0.1, 0.15) is 24.8 Å². The van der Waals surface area contributed by atoms with Gasteiger partial charge in [-0.1, -0.05) is 0 Å². The Morgan fingerprint density at radius 3 is 3.00 bits per heavy atom. The second-order valence-corrected chi connectivity index (χ2v) is 3.88. The van der Waals surface area contributed by atoms with Crippen molar-refractivity contribution in [2.75, 3.05) is 13.1 Å². The Hall–Kier alpha value is -1.36. The third kappa shape index (κ3) is 4.93. The van der Waals surface area contributed by atoms with Gasteiger partial charge in [0.05, 0.1) is 12.7 Å². The van der Waals surface area contributed by atoms with Crippen LogP contribution in [-0.2, 0) is 11.3 Å². The second kappa shape index (κ2) is 7.00. The maximum Gasteiger partial charge on any atom is 0.220 e. The minimum atomic E-state index is 0.0947. The number of hydrogen-bond acceptors (Lipinski definition) is 3. The van der Waals surface area contributed by atoms with E-state index in [4.69, 9.17) is 5.73 Å². The maximum atomic E-state index is 11.3. The van der Waals surface area contributed by atoms with Crippen molar-refractivity contribution in [3.63, 3.8) is 0 Å². The molecule has 0 aliphatic rings. The SMILES string of the molecule is Cc1cnn(CCNC(=O)CCCCN)c1. The zero-order valence-corrected chi connectivity index (χ0v) is 9.78. The van der Waals surface area contributed by atoms with Crippen molar-refractivity contribution in [3.05, 3.63) is 18.0 Å². The number of amides is 1. The fourth-order valence-corrected chi connectivity index (χ4v) is 1.42. The van der Waals surface area contributed by atoms with Crippen LogP contribution < -0.4 is 11.1 Å². The molecule has 0 aliphatic carbocycles. The summed E-state index contributed by atoms with van der Waals surface area (Å²) in [7, 11) is 0. The molecule has 1 aromatic heterocycles. The molecule has 3 N–H and O–H groups in total. The lowest BCUT2D eigenvalue weighted by Gasteiger charge is -2.04. The standard InChI is InChI=1S/C11H20N4O/c1-10-8-14-15(9-10)7-6-13-11(16)4-2-3-5-12/h8-9H,2-7,12H2,1H3,(H,13,16). The molecule has 0 spiro atoms. The molecule has 0 saturated heterocycles. The Kier molecular flexibility index (Phi) is 5.56. The van der Waals surface area contributed by atoms with Crippen LogP contribution in [0.3, 0.4) is 0 Å². The molecule has 16 heavy (non-hydrogen) atoms. The van der Waals surface area contributed by atoms with Crippen LogP contribution >= 0.6 is 0 Å². The van der Waals surface area contributed by atoms with Crippen LogP contribution in [-0.4, -0.2) is 28.8 Å². The fourth-order valence-electron chi connectivity index (χ4n) is 1.42. The van der Waals surface area contributed by atoms with Gasteiger partial charge in [-0.05, 0) is 31.9 Å². The largest absolute Gasteiger partial charge is 0.354 e. The molecule has 1 heterocycles. The summed E-state index contributed by atoms with van der Waals surface area (Å²) in [6, 6.07) is 0. The summed E-state index contributed by atoms with van der Waals surface area (Å²) < 4.78 is 1.83.